The molecule has 1 atom stereocenters. The molecule has 182 valence electrons. The fraction of sp³-hybridized carbons (Fsp3) is 0.211. The molecular formula is C19H15ClF3N2O6PS2. The van der Waals surface area contributed by atoms with Crippen LogP contribution in [0.4, 0.5) is 13.2 Å². The maximum absolute atomic E-state index is 13.1. The molecule has 0 spiro atoms. The zero-order valence-corrected chi connectivity index (χ0v) is 20.2. The molecule has 0 saturated heterocycles. The van der Waals surface area contributed by atoms with E-state index in [9.17, 15) is 31.0 Å². The van der Waals surface area contributed by atoms with Crippen LogP contribution in [0.1, 0.15) is 11.1 Å². The lowest BCUT2D eigenvalue weighted by molar-refractivity contribution is -0.137. The molecular weight excluding hydrogens is 540 g/mol. The van der Waals surface area contributed by atoms with E-state index < -0.39 is 47.0 Å². The van der Waals surface area contributed by atoms with E-state index >= 15 is 0 Å². The Bertz CT molecular complexity index is 1410. The van der Waals surface area contributed by atoms with Gasteiger partial charge in [0.1, 0.15) is 28.6 Å². The molecule has 0 amide bonds. The molecule has 0 aliphatic carbocycles. The van der Waals surface area contributed by atoms with E-state index in [4.69, 9.17) is 26.1 Å². The van der Waals surface area contributed by atoms with Crippen molar-refractivity contribution in [3.63, 3.8) is 0 Å². The first kappa shape index (κ1) is 26.3. The third-order valence-corrected chi connectivity index (χ3v) is 8.61. The highest BCUT2D eigenvalue weighted by atomic mass is 35.5. The molecule has 34 heavy (non-hydrogen) atoms. The second-order valence-electron chi connectivity index (χ2n) is 6.65. The minimum absolute atomic E-state index is 0.158. The van der Waals surface area contributed by atoms with Gasteiger partial charge in [-0.25, -0.2) is 13.0 Å². The third kappa shape index (κ3) is 6.41. The van der Waals surface area contributed by atoms with Crippen LogP contribution in [0.2, 0.25) is 0 Å². The highest BCUT2D eigenvalue weighted by molar-refractivity contribution is 7.92. The van der Waals surface area contributed by atoms with Crippen LogP contribution < -0.4 is 14.0 Å². The van der Waals surface area contributed by atoms with Crippen LogP contribution in [-0.4, -0.2) is 32.1 Å². The summed E-state index contributed by atoms with van der Waals surface area (Å²) in [6.45, 7) is 0.263. The van der Waals surface area contributed by atoms with E-state index in [1.165, 1.54) is 12.1 Å². The van der Waals surface area contributed by atoms with Crippen molar-refractivity contribution in [1.29, 1.82) is 5.26 Å². The SMILES string of the molecule is N#Cc1ccc(OP(=O)(O)CNS(=O)(=O)c2cc3cc(OCCCl)ccc3s2)cc1C(F)(F)F. The Morgan fingerprint density at radius 2 is 1.88 bits per heavy atom. The van der Waals surface area contributed by atoms with Crippen molar-refractivity contribution in [3.05, 3.63) is 53.6 Å². The summed E-state index contributed by atoms with van der Waals surface area (Å²) in [5.74, 6) is 0.105. The molecule has 0 bridgehead atoms. The molecule has 8 nitrogen and oxygen atoms in total. The summed E-state index contributed by atoms with van der Waals surface area (Å²) in [4.78, 5) is 9.99. The Kier molecular flexibility index (Phi) is 7.82. The van der Waals surface area contributed by atoms with Crippen LogP contribution in [0, 0.1) is 11.3 Å². The number of benzene rings is 2. The van der Waals surface area contributed by atoms with Crippen LogP contribution in [0.25, 0.3) is 10.1 Å². The molecule has 0 aliphatic rings. The number of rotatable bonds is 9. The first-order valence-electron chi connectivity index (χ1n) is 9.19. The Morgan fingerprint density at radius 3 is 2.53 bits per heavy atom. The molecule has 1 unspecified atom stereocenters. The van der Waals surface area contributed by atoms with Crippen molar-refractivity contribution in [2.24, 2.45) is 0 Å². The monoisotopic (exact) mass is 554 g/mol. The normalized spacial score (nSPS) is 13.9. The summed E-state index contributed by atoms with van der Waals surface area (Å²) in [5, 5.41) is 9.36. The topological polar surface area (TPSA) is 126 Å². The predicted octanol–water partition coefficient (Wildman–Crippen LogP) is 4.91. The van der Waals surface area contributed by atoms with E-state index in [-0.39, 0.29) is 16.7 Å². The van der Waals surface area contributed by atoms with Gasteiger partial charge in [0.05, 0.1) is 23.1 Å². The smallest absolute Gasteiger partial charge is 0.417 e. The van der Waals surface area contributed by atoms with Gasteiger partial charge in [0.15, 0.2) is 0 Å². The summed E-state index contributed by atoms with van der Waals surface area (Å²) in [5.41, 5.74) is -2.05. The van der Waals surface area contributed by atoms with Gasteiger partial charge in [-0.15, -0.1) is 22.9 Å². The molecule has 3 rings (SSSR count). The second-order valence-corrected chi connectivity index (χ2v) is 11.9. The van der Waals surface area contributed by atoms with Gasteiger partial charge in [-0.2, -0.15) is 23.2 Å². The first-order valence-corrected chi connectivity index (χ1v) is 13.8. The van der Waals surface area contributed by atoms with Crippen LogP contribution in [0.15, 0.2) is 46.7 Å². The number of hydrogen-bond donors (Lipinski definition) is 2. The molecule has 0 radical (unpaired) electrons. The van der Waals surface area contributed by atoms with Gasteiger partial charge in [0, 0.05) is 4.70 Å². The number of sulfonamides is 1. The summed E-state index contributed by atoms with van der Waals surface area (Å²) in [6.07, 6.45) is -6.00. The number of nitrogens with one attached hydrogen (secondary N) is 1. The lowest BCUT2D eigenvalue weighted by atomic mass is 10.1. The Hall–Kier alpha value is -2.33. The summed E-state index contributed by atoms with van der Waals surface area (Å²) < 4.78 is 89.3. The number of nitriles is 1. The van der Waals surface area contributed by atoms with Crippen molar-refractivity contribution in [3.8, 4) is 17.6 Å². The lowest BCUT2D eigenvalue weighted by Crippen LogP contribution is -2.25. The zero-order chi connectivity index (χ0) is 25.1. The molecule has 1 aromatic heterocycles. The van der Waals surface area contributed by atoms with Crippen LogP contribution in [0.3, 0.4) is 0 Å². The average Bonchev–Trinajstić information content (AvgIpc) is 3.20. The number of fused-ring (bicyclic) bond motifs is 1. The van der Waals surface area contributed by atoms with E-state index in [1.807, 2.05) is 4.72 Å². The lowest BCUT2D eigenvalue weighted by Gasteiger charge is -2.16. The molecule has 1 heterocycles. The van der Waals surface area contributed by atoms with Crippen LogP contribution >= 0.6 is 30.5 Å². The fourth-order valence-electron chi connectivity index (χ4n) is 2.72. The minimum atomic E-state index is -4.90. The quantitative estimate of drug-likeness (QED) is 0.284. The maximum atomic E-state index is 13.1. The number of alkyl halides is 4. The highest BCUT2D eigenvalue weighted by Gasteiger charge is 2.35. The van der Waals surface area contributed by atoms with Gasteiger partial charge in [-0.05, 0) is 47.9 Å². The highest BCUT2D eigenvalue weighted by Crippen LogP contribution is 2.44. The summed E-state index contributed by atoms with van der Waals surface area (Å²) in [6, 6.07) is 9.68. The minimum Gasteiger partial charge on any atom is -0.492 e. The van der Waals surface area contributed by atoms with Gasteiger partial charge < -0.3 is 14.2 Å². The number of ether oxygens (including phenoxy) is 1. The maximum Gasteiger partial charge on any atom is 0.417 e. The number of thiophene rings is 1. The summed E-state index contributed by atoms with van der Waals surface area (Å²) in [7, 11) is -9.00. The molecule has 15 heteroatoms. The van der Waals surface area contributed by atoms with E-state index in [1.54, 1.807) is 18.2 Å². The van der Waals surface area contributed by atoms with Crippen molar-refractivity contribution < 1.29 is 40.3 Å². The Balaban J connectivity index is 1.75. The summed E-state index contributed by atoms with van der Waals surface area (Å²) >= 11 is 6.47. The van der Waals surface area contributed by atoms with E-state index in [2.05, 4.69) is 0 Å². The third-order valence-electron chi connectivity index (χ3n) is 4.20. The predicted molar refractivity (Wildman–Crippen MR) is 120 cm³/mol. The van der Waals surface area contributed by atoms with E-state index in [0.29, 0.717) is 21.9 Å². The fourth-order valence-corrected chi connectivity index (χ4v) is 6.72. The zero-order valence-electron chi connectivity index (χ0n) is 16.9. The van der Waals surface area contributed by atoms with E-state index in [0.717, 1.165) is 23.5 Å². The Labute approximate surface area is 201 Å². The van der Waals surface area contributed by atoms with Gasteiger partial charge >= 0.3 is 13.8 Å². The Morgan fingerprint density at radius 1 is 1.18 bits per heavy atom. The average molecular weight is 555 g/mol. The van der Waals surface area contributed by atoms with Crippen molar-refractivity contribution in [2.75, 3.05) is 18.8 Å². The van der Waals surface area contributed by atoms with Crippen molar-refractivity contribution in [2.45, 2.75) is 10.4 Å². The number of nitrogens with zero attached hydrogens (tertiary/aromatic N) is 1. The molecule has 0 aliphatic heterocycles. The number of hydrogen-bond acceptors (Lipinski definition) is 7. The van der Waals surface area contributed by atoms with Gasteiger partial charge in [0.25, 0.3) is 10.0 Å². The molecule has 2 N–H and O–H groups in total. The first-order chi connectivity index (χ1) is 15.8. The second kappa shape index (κ2) is 10.1. The number of halogens is 4. The van der Waals surface area contributed by atoms with Gasteiger partial charge in [0.2, 0.25) is 0 Å². The van der Waals surface area contributed by atoms with Crippen LogP contribution in [0.5, 0.6) is 11.5 Å². The molecule has 0 saturated carbocycles. The van der Waals surface area contributed by atoms with Crippen LogP contribution in [-0.2, 0) is 20.8 Å². The molecule has 3 aromatic rings. The molecule has 0 fully saturated rings. The van der Waals surface area contributed by atoms with Crippen molar-refractivity contribution in [1.82, 2.24) is 4.72 Å². The van der Waals surface area contributed by atoms with Gasteiger partial charge in [-0.1, -0.05) is 0 Å². The standard InChI is InChI=1S/C19H15ClF3N2O6PS2/c20-5-6-30-14-3-4-17-13(7-14)8-18(33-17)34(28,29)25-11-32(26,27)31-15-2-1-12(10-24)16(9-15)19(21,22)23/h1-4,7-9,25H,5-6,11H2,(H,26,27). The van der Waals surface area contributed by atoms with Gasteiger partial charge in [-0.3, -0.25) is 0 Å². The largest absolute Gasteiger partial charge is 0.492 e. The van der Waals surface area contributed by atoms with Crippen molar-refractivity contribution >= 4 is 50.6 Å². The molecule has 2 aromatic carbocycles.